The van der Waals surface area contributed by atoms with Crippen molar-refractivity contribution in [1.29, 1.82) is 0 Å². The molecular weight excluding hydrogens is 176 g/mol. The van der Waals surface area contributed by atoms with E-state index >= 15 is 0 Å². The summed E-state index contributed by atoms with van der Waals surface area (Å²) in [5, 5.41) is 0. The second-order valence-electron chi connectivity index (χ2n) is 4.09. The van der Waals surface area contributed by atoms with Crippen LogP contribution in [-0.2, 0) is 9.53 Å². The third kappa shape index (κ3) is 2.60. The van der Waals surface area contributed by atoms with Crippen LogP contribution in [0.5, 0.6) is 0 Å². The molecule has 0 saturated carbocycles. The zero-order chi connectivity index (χ0) is 10.6. The minimum Gasteiger partial charge on any atom is -0.463 e. The molecule has 0 aromatic carbocycles. The molecule has 0 aromatic rings. The molecule has 14 heavy (non-hydrogen) atoms. The van der Waals surface area contributed by atoms with Crippen molar-refractivity contribution in [3.05, 3.63) is 11.1 Å². The maximum atomic E-state index is 11.6. The number of hydrogen-bond donors (Lipinski definition) is 0. The van der Waals surface area contributed by atoms with Gasteiger partial charge in [0.05, 0.1) is 6.61 Å². The van der Waals surface area contributed by atoms with Crippen molar-refractivity contribution in [2.45, 2.75) is 46.5 Å². The van der Waals surface area contributed by atoms with Crippen LogP contribution >= 0.6 is 0 Å². The molecule has 0 radical (unpaired) electrons. The maximum absolute atomic E-state index is 11.6. The molecule has 0 amide bonds. The zero-order valence-electron chi connectivity index (χ0n) is 9.43. The molecule has 1 aliphatic rings. The Morgan fingerprint density at radius 2 is 2.00 bits per heavy atom. The third-order valence-electron chi connectivity index (χ3n) is 2.73. The molecule has 0 atom stereocenters. The number of rotatable bonds is 3. The van der Waals surface area contributed by atoms with Gasteiger partial charge in [0.1, 0.15) is 0 Å². The van der Waals surface area contributed by atoms with Crippen LogP contribution in [0.3, 0.4) is 0 Å². The molecule has 1 aliphatic carbocycles. The molecule has 0 N–H and O–H groups in total. The summed E-state index contributed by atoms with van der Waals surface area (Å²) in [5.41, 5.74) is 2.27. The van der Waals surface area contributed by atoms with Gasteiger partial charge >= 0.3 is 5.97 Å². The molecule has 1 rings (SSSR count). The molecule has 0 saturated heterocycles. The summed E-state index contributed by atoms with van der Waals surface area (Å²) in [7, 11) is 0. The van der Waals surface area contributed by atoms with E-state index in [1.54, 1.807) is 0 Å². The van der Waals surface area contributed by atoms with E-state index < -0.39 is 0 Å². The first-order valence-corrected chi connectivity index (χ1v) is 5.55. The topological polar surface area (TPSA) is 26.3 Å². The first-order chi connectivity index (χ1) is 6.66. The van der Waals surface area contributed by atoms with Crippen molar-refractivity contribution in [2.75, 3.05) is 6.61 Å². The Balaban J connectivity index is 2.82. The smallest absolute Gasteiger partial charge is 0.333 e. The van der Waals surface area contributed by atoms with Crippen LogP contribution in [0.2, 0.25) is 0 Å². The second kappa shape index (κ2) is 5.18. The Morgan fingerprint density at radius 1 is 1.36 bits per heavy atom. The van der Waals surface area contributed by atoms with E-state index in [2.05, 4.69) is 13.8 Å². The predicted molar refractivity (Wildman–Crippen MR) is 57.0 cm³/mol. The van der Waals surface area contributed by atoms with E-state index in [0.29, 0.717) is 12.5 Å². The van der Waals surface area contributed by atoms with Gasteiger partial charge in [-0.05, 0) is 38.5 Å². The summed E-state index contributed by atoms with van der Waals surface area (Å²) < 4.78 is 5.06. The number of carbonyl (C=O) groups excluding carboxylic acids is 1. The molecule has 0 bridgehead atoms. The zero-order valence-corrected chi connectivity index (χ0v) is 9.43. The minimum atomic E-state index is -0.0871. The number of allylic oxidation sites excluding steroid dienone is 1. The van der Waals surface area contributed by atoms with Gasteiger partial charge in [0.25, 0.3) is 0 Å². The molecule has 80 valence electrons. The van der Waals surface area contributed by atoms with Crippen molar-refractivity contribution in [3.8, 4) is 0 Å². The highest BCUT2D eigenvalue weighted by molar-refractivity contribution is 5.89. The lowest BCUT2D eigenvalue weighted by Gasteiger charge is -2.21. The SMILES string of the molecule is CCOC(=O)C1=C(C(C)C)CCCC1. The van der Waals surface area contributed by atoms with Gasteiger partial charge in [-0.25, -0.2) is 4.79 Å². The quantitative estimate of drug-likeness (QED) is 0.648. The number of esters is 1. The lowest BCUT2D eigenvalue weighted by Crippen LogP contribution is -2.15. The van der Waals surface area contributed by atoms with Gasteiger partial charge in [-0.1, -0.05) is 19.4 Å². The highest BCUT2D eigenvalue weighted by atomic mass is 16.5. The van der Waals surface area contributed by atoms with E-state index in [9.17, 15) is 4.79 Å². The van der Waals surface area contributed by atoms with E-state index in [1.165, 1.54) is 12.0 Å². The first kappa shape index (κ1) is 11.3. The van der Waals surface area contributed by atoms with Crippen LogP contribution in [0.4, 0.5) is 0 Å². The summed E-state index contributed by atoms with van der Waals surface area (Å²) in [5.74, 6) is 0.394. The van der Waals surface area contributed by atoms with Gasteiger partial charge in [0.15, 0.2) is 0 Å². The van der Waals surface area contributed by atoms with Gasteiger partial charge in [-0.2, -0.15) is 0 Å². The molecule has 0 fully saturated rings. The fraction of sp³-hybridized carbons (Fsp3) is 0.750. The van der Waals surface area contributed by atoms with E-state index in [-0.39, 0.29) is 5.97 Å². The molecular formula is C12H20O2. The Hall–Kier alpha value is -0.790. The van der Waals surface area contributed by atoms with Crippen LogP contribution in [0.1, 0.15) is 46.5 Å². The normalized spacial score (nSPS) is 17.4. The molecule has 0 heterocycles. The molecule has 2 nitrogen and oxygen atoms in total. The Kier molecular flexibility index (Phi) is 4.18. The largest absolute Gasteiger partial charge is 0.463 e. The monoisotopic (exact) mass is 196 g/mol. The highest BCUT2D eigenvalue weighted by Gasteiger charge is 2.21. The van der Waals surface area contributed by atoms with Gasteiger partial charge < -0.3 is 4.74 Å². The highest BCUT2D eigenvalue weighted by Crippen LogP contribution is 2.30. The van der Waals surface area contributed by atoms with Gasteiger partial charge in [-0.3, -0.25) is 0 Å². The minimum absolute atomic E-state index is 0.0871. The molecule has 0 aliphatic heterocycles. The maximum Gasteiger partial charge on any atom is 0.333 e. The third-order valence-corrected chi connectivity index (χ3v) is 2.73. The van der Waals surface area contributed by atoms with Crippen molar-refractivity contribution in [2.24, 2.45) is 5.92 Å². The Bertz CT molecular complexity index is 239. The summed E-state index contributed by atoms with van der Waals surface area (Å²) in [6.45, 7) is 6.64. The Morgan fingerprint density at radius 3 is 2.57 bits per heavy atom. The number of carbonyl (C=O) groups is 1. The fourth-order valence-corrected chi connectivity index (χ4v) is 2.02. The van der Waals surface area contributed by atoms with Crippen LogP contribution < -0.4 is 0 Å². The summed E-state index contributed by atoms with van der Waals surface area (Å²) in [6.07, 6.45) is 4.33. The van der Waals surface area contributed by atoms with Gasteiger partial charge in [0, 0.05) is 5.57 Å². The van der Waals surface area contributed by atoms with Crippen LogP contribution in [0.25, 0.3) is 0 Å². The summed E-state index contributed by atoms with van der Waals surface area (Å²) in [4.78, 5) is 11.6. The average Bonchev–Trinajstić information content (AvgIpc) is 2.18. The lowest BCUT2D eigenvalue weighted by atomic mass is 9.85. The van der Waals surface area contributed by atoms with Crippen molar-refractivity contribution >= 4 is 5.97 Å². The van der Waals surface area contributed by atoms with Crippen LogP contribution in [-0.4, -0.2) is 12.6 Å². The number of hydrogen-bond acceptors (Lipinski definition) is 2. The molecule has 0 unspecified atom stereocenters. The Labute approximate surface area is 86.3 Å². The predicted octanol–water partition coefficient (Wildman–Crippen LogP) is 3.08. The van der Waals surface area contributed by atoms with Crippen LogP contribution in [0.15, 0.2) is 11.1 Å². The van der Waals surface area contributed by atoms with E-state index in [4.69, 9.17) is 4.74 Å². The standard InChI is InChI=1S/C12H20O2/c1-4-14-12(13)11-8-6-5-7-10(11)9(2)3/h9H,4-8H2,1-3H3. The number of ether oxygens (including phenoxy) is 1. The van der Waals surface area contributed by atoms with E-state index in [1.807, 2.05) is 6.92 Å². The van der Waals surface area contributed by atoms with E-state index in [0.717, 1.165) is 24.8 Å². The van der Waals surface area contributed by atoms with Gasteiger partial charge in [0.2, 0.25) is 0 Å². The van der Waals surface area contributed by atoms with Crippen molar-refractivity contribution < 1.29 is 9.53 Å². The molecule has 0 aromatic heterocycles. The first-order valence-electron chi connectivity index (χ1n) is 5.55. The summed E-state index contributed by atoms with van der Waals surface area (Å²) in [6, 6.07) is 0. The molecule has 2 heteroatoms. The summed E-state index contributed by atoms with van der Waals surface area (Å²) >= 11 is 0. The van der Waals surface area contributed by atoms with Crippen molar-refractivity contribution in [3.63, 3.8) is 0 Å². The fourth-order valence-electron chi connectivity index (χ4n) is 2.02. The van der Waals surface area contributed by atoms with Gasteiger partial charge in [-0.15, -0.1) is 0 Å². The second-order valence-corrected chi connectivity index (χ2v) is 4.09. The lowest BCUT2D eigenvalue weighted by molar-refractivity contribution is -0.138. The average molecular weight is 196 g/mol. The van der Waals surface area contributed by atoms with Crippen LogP contribution in [0, 0.1) is 5.92 Å². The van der Waals surface area contributed by atoms with Crippen molar-refractivity contribution in [1.82, 2.24) is 0 Å². The molecule has 0 spiro atoms.